The summed E-state index contributed by atoms with van der Waals surface area (Å²) in [5, 5.41) is 60.6. The van der Waals surface area contributed by atoms with Crippen molar-refractivity contribution in [3.05, 3.63) is 290 Å². The third-order valence-electron chi connectivity index (χ3n) is 27.2. The van der Waals surface area contributed by atoms with Crippen molar-refractivity contribution >= 4 is 153 Å². The smallest absolute Gasteiger partial charge is 0.256 e. The molecule has 20 rings (SSSR count). The number of aryl methyl sites for hydroxylation is 2. The van der Waals surface area contributed by atoms with Gasteiger partial charge < -0.3 is 90.0 Å². The fraction of sp³-hybridized carbons (Fsp3) is 0.298. The highest BCUT2D eigenvalue weighted by Gasteiger charge is 2.55. The van der Waals surface area contributed by atoms with Gasteiger partial charge in [-0.3, -0.25) is 33.7 Å². The number of Topliss-reactive ketones (excluding diaryl/α,β-unsaturated/α-hetero) is 2. The van der Waals surface area contributed by atoms with E-state index in [1.54, 1.807) is 55.6 Å². The molecule has 5 aliphatic heterocycles. The largest absolute Gasteiger partial charge is 0.508 e. The lowest BCUT2D eigenvalue weighted by atomic mass is 9.91. The lowest BCUT2D eigenvalue weighted by Gasteiger charge is -2.51. The van der Waals surface area contributed by atoms with Crippen molar-refractivity contribution in [2.75, 3.05) is 42.1 Å². The Balaban J connectivity index is 0.000000130. The van der Waals surface area contributed by atoms with E-state index in [9.17, 15) is 53.6 Å². The predicted octanol–water partition coefficient (Wildman–Crippen LogP) is 22.5. The van der Waals surface area contributed by atoms with Crippen molar-refractivity contribution in [1.82, 2.24) is 44.6 Å². The molecule has 15 aromatic rings. The summed E-state index contributed by atoms with van der Waals surface area (Å²) in [7, 11) is 5.58. The fourth-order valence-electron chi connectivity index (χ4n) is 19.7. The summed E-state index contributed by atoms with van der Waals surface area (Å²) in [5.41, 5.74) is 21.0. The molecule has 27 nitrogen and oxygen atoms in total. The summed E-state index contributed by atoms with van der Waals surface area (Å²) in [6.07, 6.45) is 10.0. The standard InChI is InChI=1S/C31H32N4O3.C24H26N2O5.C21H24N2O2.C20H22N2O2.C18H17ClFN3O2/c1-16(2)33(4)22-14-23-34-20-12-8-6-10-17(20)25-26-19(15-32-30(26)36)24-18-11-7-9-13-21(18)35(28(24)27(25)34)31(3,38-23)29(22)37-5;1-15(2)25-24(31)20-12-18(7-9-23(20)30)26(13-16-5-3-4-6-21(16)28)14-17-11-19(27)8-10-22(17)29;1-12(2)20(24)10-9-15-13(3)19(22-14(15)4)11-17-16-7-5-6-8-18(16)23-21(17)25;1-12(2)19(23)9-8-14-13(3)11-21-18(14)10-16-15-6-4-5-7-17(15)22-20(16)24;1-10(2)25-17-7-12-15(8-16(17)24-3)21-9-22-18(12)23-11-4-5-14(20)13(19)6-11/h6-13,16,22-23,29H,14-15H2,1-5H3,(H,32,36);3-12,15,27-30H,13-14H2,1-2H3,(H,25,31);5-8,11-12,22H,9-10H2,1-4H3,(H,23,25);4-7,10-12,21H,8-9H2,1-3H3,(H,22,24);4-10H,1-3H3,(H,21,22,23)/b;;17-11-;16-10-;/t22-,23-,29-,31+;;;;/m1..../s1. The number of fused-ring (bicyclic) bond motifs is 16. The van der Waals surface area contributed by atoms with Gasteiger partial charge in [0.05, 0.1) is 68.1 Å². The second kappa shape index (κ2) is 42.4. The van der Waals surface area contributed by atoms with E-state index in [-0.39, 0.29) is 118 Å². The van der Waals surface area contributed by atoms with Crippen LogP contribution in [0.4, 0.5) is 33.0 Å². The summed E-state index contributed by atoms with van der Waals surface area (Å²) >= 11 is 5.84. The molecule has 29 heteroatoms. The highest BCUT2D eigenvalue weighted by molar-refractivity contribution is 6.36. The molecule has 11 N–H and O–H groups in total. The van der Waals surface area contributed by atoms with Crippen LogP contribution in [0.25, 0.3) is 77.8 Å². The van der Waals surface area contributed by atoms with Crippen LogP contribution in [-0.4, -0.2) is 141 Å². The molecule has 0 radical (unpaired) electrons. The number of amides is 4. The number of methoxy groups -OCH3 is 2. The number of nitrogens with zero attached hydrogens (tertiary/aromatic N) is 6. The van der Waals surface area contributed by atoms with Crippen LogP contribution in [0.5, 0.6) is 34.5 Å². The van der Waals surface area contributed by atoms with E-state index >= 15 is 0 Å². The Hall–Kier alpha value is -15.1. The predicted molar refractivity (Wildman–Crippen MR) is 563 cm³/mol. The van der Waals surface area contributed by atoms with Crippen LogP contribution in [-0.2, 0) is 66.9 Å². The average molecular weight is 1950 g/mol. The maximum Gasteiger partial charge on any atom is 0.256 e. The molecular weight excluding hydrogens is 1830 g/mol. The molecule has 10 heterocycles. The van der Waals surface area contributed by atoms with E-state index in [2.05, 4.69) is 137 Å². The number of phenols is 4. The van der Waals surface area contributed by atoms with E-state index < -0.39 is 17.4 Å². The van der Waals surface area contributed by atoms with Gasteiger partial charge in [-0.05, 0) is 220 Å². The van der Waals surface area contributed by atoms with E-state index in [4.69, 9.17) is 30.5 Å². The number of likely N-dealkylation sites (N-methyl/N-ethyl adjacent to an activating group) is 1. The Morgan fingerprint density at radius 3 is 1.90 bits per heavy atom. The Bertz CT molecular complexity index is 7530. The number of H-pyrrole nitrogens is 2. The first-order chi connectivity index (χ1) is 68.4. The van der Waals surface area contributed by atoms with E-state index in [1.165, 1.54) is 48.3 Å². The average Bonchev–Trinajstić information content (AvgIpc) is 1.50. The Kier molecular flexibility index (Phi) is 29.9. The third-order valence-corrected chi connectivity index (χ3v) is 27.5. The van der Waals surface area contributed by atoms with Gasteiger partial charge in [0.1, 0.15) is 64.9 Å². The number of ether oxygens (including phenoxy) is 4. The van der Waals surface area contributed by atoms with Crippen molar-refractivity contribution in [3.63, 3.8) is 0 Å². The minimum absolute atomic E-state index is 0.00756. The molecule has 1 fully saturated rings. The minimum Gasteiger partial charge on any atom is -0.508 e. The van der Waals surface area contributed by atoms with Crippen molar-refractivity contribution in [2.45, 2.75) is 191 Å². The third kappa shape index (κ3) is 20.6. The van der Waals surface area contributed by atoms with Crippen LogP contribution < -0.4 is 41.0 Å². The van der Waals surface area contributed by atoms with Crippen LogP contribution in [0.1, 0.15) is 190 Å². The van der Waals surface area contributed by atoms with Crippen molar-refractivity contribution < 1.29 is 72.5 Å². The fourth-order valence-corrected chi connectivity index (χ4v) is 19.9. The molecular formula is C114H121ClFN13O14. The molecule has 0 unspecified atom stereocenters. The number of rotatable bonds is 25. The van der Waals surface area contributed by atoms with Gasteiger partial charge in [-0.15, -0.1) is 0 Å². The lowest BCUT2D eigenvalue weighted by Crippen LogP contribution is -2.61. The number of carbonyl (C=O) groups is 6. The van der Waals surface area contributed by atoms with Crippen LogP contribution in [0.2, 0.25) is 5.02 Å². The normalized spacial score (nSPS) is 16.4. The van der Waals surface area contributed by atoms with Gasteiger partial charge in [0.25, 0.3) is 23.6 Å². The molecule has 143 heavy (non-hydrogen) atoms. The topological polar surface area (TPSA) is 354 Å². The lowest BCUT2D eigenvalue weighted by molar-refractivity contribution is -0.269. The monoisotopic (exact) mass is 1950 g/mol. The number of hydrogen-bond donors (Lipinski definition) is 11. The zero-order chi connectivity index (χ0) is 102. The SMILES string of the molecule is CC(C)NC(=O)c1cc(N(Cc2ccccc2O)Cc2cc(O)ccc2O)ccc1O.CO[C@@H]1[C@H](N(C)C(C)C)C[C@H]2O[C@]1(C)n1c3ccccc3c3c4c(c5c6ccccc6n2c5c31)C(=O)NC4.COc1cc2ncnc(Nc3ccc(F)c(Cl)c3)c2cc1OC(C)C.Cc1[nH]c(/C=C2\C(=O)Nc3ccccc32)c(C)c1CCC(=O)C(C)C.Cc1c[nH]c(/C=C2\C(=O)Nc3ccccc32)c1CCC(=O)C(C)C. The molecule has 2 bridgehead atoms. The number of para-hydroxylation sites is 5. The van der Waals surface area contributed by atoms with Crippen LogP contribution in [0.3, 0.4) is 0 Å². The van der Waals surface area contributed by atoms with Gasteiger partial charge in [-0.1, -0.05) is 130 Å². The summed E-state index contributed by atoms with van der Waals surface area (Å²) < 4.78 is 42.9. The maximum absolute atomic E-state index is 13.4. The van der Waals surface area contributed by atoms with Gasteiger partial charge in [-0.2, -0.15) is 0 Å². The second-order valence-corrected chi connectivity index (χ2v) is 38.8. The Morgan fingerprint density at radius 1 is 0.650 bits per heavy atom. The Morgan fingerprint density at radius 2 is 1.26 bits per heavy atom. The van der Waals surface area contributed by atoms with Crippen LogP contribution in [0.15, 0.2) is 201 Å². The van der Waals surface area contributed by atoms with Gasteiger partial charge in [0, 0.05) is 177 Å². The first kappa shape index (κ1) is 101. The summed E-state index contributed by atoms with van der Waals surface area (Å²) in [4.78, 5) is 93.8. The zero-order valence-corrected chi connectivity index (χ0v) is 84.0. The number of phenolic OH excluding ortho intramolecular Hbond substituents is 4. The molecule has 0 saturated carbocycles. The number of aromatic hydroxyl groups is 4. The summed E-state index contributed by atoms with van der Waals surface area (Å²) in [5.74, 6) is 1.36. The number of carbonyl (C=O) groups excluding carboxylic acids is 6. The second-order valence-electron chi connectivity index (χ2n) is 38.3. The number of hydrogen-bond acceptors (Lipinski definition) is 19. The van der Waals surface area contributed by atoms with Crippen molar-refractivity contribution in [3.8, 4) is 34.5 Å². The van der Waals surface area contributed by atoms with E-state index in [1.807, 2.05) is 161 Å². The van der Waals surface area contributed by atoms with Crippen molar-refractivity contribution in [1.29, 1.82) is 0 Å². The summed E-state index contributed by atoms with van der Waals surface area (Å²) in [6.45, 7) is 29.0. The first-order valence-corrected chi connectivity index (χ1v) is 48.6. The van der Waals surface area contributed by atoms with Gasteiger partial charge in [-0.25, -0.2) is 14.4 Å². The number of anilines is 5. The molecule has 0 aliphatic carbocycles. The maximum atomic E-state index is 13.4. The molecule has 4 atom stereocenters. The molecule has 10 aromatic carbocycles. The first-order valence-electron chi connectivity index (χ1n) is 48.2. The Labute approximate surface area is 834 Å². The number of aromatic nitrogens is 6. The number of ketones is 2. The quantitative estimate of drug-likeness (QED) is 0.0187. The molecule has 4 amide bonds. The van der Waals surface area contributed by atoms with Gasteiger partial charge in [0.2, 0.25) is 0 Å². The highest BCUT2D eigenvalue weighted by Crippen LogP contribution is 2.55. The van der Waals surface area contributed by atoms with Crippen LogP contribution >= 0.6 is 11.6 Å². The number of benzene rings is 10. The van der Waals surface area contributed by atoms with Crippen LogP contribution in [0, 0.1) is 38.4 Å². The van der Waals surface area contributed by atoms with Gasteiger partial charge >= 0.3 is 0 Å². The minimum atomic E-state index is -0.774. The summed E-state index contributed by atoms with van der Waals surface area (Å²) in [6, 6.07) is 56.5. The number of halogens is 2. The van der Waals surface area contributed by atoms with Crippen molar-refractivity contribution in [2.24, 2.45) is 11.8 Å². The number of aromatic amines is 2. The van der Waals surface area contributed by atoms with E-state index in [0.717, 1.165) is 129 Å². The van der Waals surface area contributed by atoms with E-state index in [0.29, 0.717) is 88.3 Å². The zero-order valence-electron chi connectivity index (χ0n) is 83.3. The molecule has 5 aromatic heterocycles. The molecule has 740 valence electrons. The molecule has 0 spiro atoms. The molecule has 5 aliphatic rings. The highest BCUT2D eigenvalue weighted by atomic mass is 35.5. The van der Waals surface area contributed by atoms with Gasteiger partial charge in [0.15, 0.2) is 17.2 Å². The number of nitrogens with one attached hydrogen (secondary N) is 7. The molecule has 1 saturated heterocycles.